The van der Waals surface area contributed by atoms with Crippen molar-refractivity contribution in [3.8, 4) is 5.88 Å². The lowest BCUT2D eigenvalue weighted by Gasteiger charge is -2.22. The molecule has 2 aromatic rings. The van der Waals surface area contributed by atoms with Gasteiger partial charge in [-0.2, -0.15) is 4.98 Å². The van der Waals surface area contributed by atoms with Crippen LogP contribution < -0.4 is 4.74 Å². The van der Waals surface area contributed by atoms with Crippen molar-refractivity contribution >= 4 is 11.2 Å². The van der Waals surface area contributed by atoms with Crippen LogP contribution in [0.4, 0.5) is 0 Å². The zero-order valence-corrected chi connectivity index (χ0v) is 10.3. The summed E-state index contributed by atoms with van der Waals surface area (Å²) in [6.45, 7) is 3.40. The third-order valence-electron chi connectivity index (χ3n) is 4.00. The lowest BCUT2D eigenvalue weighted by atomic mass is 10.0. The van der Waals surface area contributed by atoms with E-state index in [9.17, 15) is 0 Å². The van der Waals surface area contributed by atoms with Gasteiger partial charge in [-0.05, 0) is 13.0 Å². The second-order valence-electron chi connectivity index (χ2n) is 5.17. The first-order chi connectivity index (χ1) is 8.81. The number of ether oxygens (including phenoxy) is 1. The third-order valence-corrected chi connectivity index (χ3v) is 4.00. The molecule has 4 rings (SSSR count). The fourth-order valence-electron chi connectivity index (χ4n) is 3.02. The fourth-order valence-corrected chi connectivity index (χ4v) is 3.02. The number of fused-ring (bicyclic) bond motifs is 3. The molecule has 2 aliphatic rings. The fraction of sp³-hybridized carbons (Fsp3) is 0.583. The molecule has 2 saturated heterocycles. The Hall–Kier alpha value is -1.69. The van der Waals surface area contributed by atoms with Crippen molar-refractivity contribution in [1.82, 2.24) is 24.4 Å². The van der Waals surface area contributed by atoms with E-state index in [1.807, 2.05) is 11.6 Å². The van der Waals surface area contributed by atoms with E-state index in [4.69, 9.17) is 4.74 Å². The largest absolute Gasteiger partial charge is 0.471 e. The van der Waals surface area contributed by atoms with E-state index < -0.39 is 0 Å². The number of imidazole rings is 1. The quantitative estimate of drug-likeness (QED) is 0.768. The molecule has 0 radical (unpaired) electrons. The van der Waals surface area contributed by atoms with E-state index in [0.29, 0.717) is 11.8 Å². The zero-order valence-electron chi connectivity index (χ0n) is 10.3. The highest BCUT2D eigenvalue weighted by molar-refractivity contribution is 5.75. The highest BCUT2D eigenvalue weighted by Crippen LogP contribution is 2.31. The van der Waals surface area contributed by atoms with E-state index in [-0.39, 0.29) is 6.10 Å². The summed E-state index contributed by atoms with van der Waals surface area (Å²) >= 11 is 0. The first kappa shape index (κ1) is 10.3. The Labute approximate surface area is 105 Å². The van der Waals surface area contributed by atoms with Crippen molar-refractivity contribution in [3.63, 3.8) is 0 Å². The topological polar surface area (TPSA) is 56.1 Å². The van der Waals surface area contributed by atoms with Gasteiger partial charge in [-0.3, -0.25) is 4.90 Å². The van der Waals surface area contributed by atoms with Crippen LogP contribution in [0.5, 0.6) is 5.88 Å². The Morgan fingerprint density at radius 1 is 1.28 bits per heavy atom. The Morgan fingerprint density at radius 3 is 3.00 bits per heavy atom. The molecular weight excluding hydrogens is 230 g/mol. The average molecular weight is 245 g/mol. The molecule has 94 valence electrons. The predicted octanol–water partition coefficient (Wildman–Crippen LogP) is 0.446. The predicted molar refractivity (Wildman–Crippen MR) is 65.3 cm³/mol. The minimum absolute atomic E-state index is 0.263. The minimum atomic E-state index is 0.263. The Bertz CT molecular complexity index is 595. The maximum atomic E-state index is 6.07. The van der Waals surface area contributed by atoms with Gasteiger partial charge >= 0.3 is 0 Å². The Kier molecular flexibility index (Phi) is 2.08. The lowest BCUT2D eigenvalue weighted by molar-refractivity contribution is 0.137. The first-order valence-electron chi connectivity index (χ1n) is 6.32. The van der Waals surface area contributed by atoms with Crippen LogP contribution in [0.15, 0.2) is 12.7 Å². The summed E-state index contributed by atoms with van der Waals surface area (Å²) in [5.41, 5.74) is 1.58. The average Bonchev–Trinajstić information content (AvgIpc) is 3.06. The number of aromatic nitrogens is 4. The summed E-state index contributed by atoms with van der Waals surface area (Å²) in [7, 11) is 1.93. The van der Waals surface area contributed by atoms with E-state index in [1.165, 1.54) is 19.5 Å². The zero-order chi connectivity index (χ0) is 12.1. The number of hydrogen-bond acceptors (Lipinski definition) is 5. The third kappa shape index (κ3) is 1.42. The standard InChI is InChI=1S/C12H15N5O/c1-16-7-15-10-11(16)13-6-14-12(10)18-9-5-17-3-2-8(9)4-17/h6-9H,2-5H2,1H3/t8?,9-/m1/s1. The van der Waals surface area contributed by atoms with Crippen LogP contribution in [0, 0.1) is 5.92 Å². The smallest absolute Gasteiger partial charge is 0.245 e. The highest BCUT2D eigenvalue weighted by atomic mass is 16.5. The number of nitrogens with zero attached hydrogens (tertiary/aromatic N) is 5. The summed E-state index contributed by atoms with van der Waals surface area (Å²) in [5, 5.41) is 0. The van der Waals surface area contributed by atoms with Gasteiger partial charge in [0.05, 0.1) is 6.33 Å². The van der Waals surface area contributed by atoms with Crippen molar-refractivity contribution in [3.05, 3.63) is 12.7 Å². The monoisotopic (exact) mass is 245 g/mol. The molecule has 2 bridgehead atoms. The van der Waals surface area contributed by atoms with Crippen LogP contribution in [-0.4, -0.2) is 50.2 Å². The van der Waals surface area contributed by atoms with Crippen molar-refractivity contribution in [2.75, 3.05) is 19.6 Å². The molecule has 2 aromatic heterocycles. The van der Waals surface area contributed by atoms with E-state index in [0.717, 1.165) is 17.7 Å². The summed E-state index contributed by atoms with van der Waals surface area (Å²) in [6.07, 6.45) is 4.80. The molecular formula is C12H15N5O. The van der Waals surface area contributed by atoms with Crippen molar-refractivity contribution in [2.24, 2.45) is 13.0 Å². The number of rotatable bonds is 2. The molecule has 2 unspecified atom stereocenters. The molecule has 3 atom stereocenters. The molecule has 2 aliphatic heterocycles. The molecule has 0 spiro atoms. The van der Waals surface area contributed by atoms with Gasteiger partial charge in [-0.25, -0.2) is 9.97 Å². The SMILES string of the molecule is Cn1cnc2c(O[C@@H]3CN4CCC3C4)ncnc21. The van der Waals surface area contributed by atoms with Gasteiger partial charge in [-0.15, -0.1) is 0 Å². The van der Waals surface area contributed by atoms with Gasteiger partial charge in [0.1, 0.15) is 12.4 Å². The second kappa shape index (κ2) is 3.65. The van der Waals surface area contributed by atoms with Gasteiger partial charge < -0.3 is 9.30 Å². The van der Waals surface area contributed by atoms with Crippen LogP contribution in [-0.2, 0) is 7.05 Å². The van der Waals surface area contributed by atoms with Crippen LogP contribution in [0.2, 0.25) is 0 Å². The van der Waals surface area contributed by atoms with E-state index in [2.05, 4.69) is 19.9 Å². The van der Waals surface area contributed by atoms with Crippen LogP contribution in [0.25, 0.3) is 11.2 Å². The number of aryl methyl sites for hydroxylation is 1. The maximum Gasteiger partial charge on any atom is 0.245 e. The van der Waals surface area contributed by atoms with Gasteiger partial charge in [0.25, 0.3) is 0 Å². The molecule has 2 fully saturated rings. The van der Waals surface area contributed by atoms with Crippen molar-refractivity contribution in [2.45, 2.75) is 12.5 Å². The first-order valence-corrected chi connectivity index (χ1v) is 6.32. The molecule has 18 heavy (non-hydrogen) atoms. The molecule has 4 heterocycles. The molecule has 0 N–H and O–H groups in total. The van der Waals surface area contributed by atoms with Gasteiger partial charge in [0.2, 0.25) is 5.88 Å². The summed E-state index contributed by atoms with van der Waals surface area (Å²) in [5.74, 6) is 1.28. The van der Waals surface area contributed by atoms with Gasteiger partial charge in [0, 0.05) is 26.1 Å². The minimum Gasteiger partial charge on any atom is -0.471 e. The lowest BCUT2D eigenvalue weighted by Crippen LogP contribution is -2.32. The van der Waals surface area contributed by atoms with E-state index in [1.54, 1.807) is 12.7 Å². The van der Waals surface area contributed by atoms with Gasteiger partial charge in [0.15, 0.2) is 11.2 Å². The van der Waals surface area contributed by atoms with Crippen molar-refractivity contribution < 1.29 is 4.74 Å². The highest BCUT2D eigenvalue weighted by Gasteiger charge is 2.39. The summed E-state index contributed by atoms with van der Waals surface area (Å²) < 4.78 is 7.95. The number of hydrogen-bond donors (Lipinski definition) is 0. The van der Waals surface area contributed by atoms with Crippen LogP contribution >= 0.6 is 0 Å². The molecule has 0 saturated carbocycles. The molecule has 6 nitrogen and oxygen atoms in total. The summed E-state index contributed by atoms with van der Waals surface area (Å²) in [4.78, 5) is 15.2. The Balaban J connectivity index is 1.67. The molecule has 0 aliphatic carbocycles. The van der Waals surface area contributed by atoms with Crippen LogP contribution in [0.1, 0.15) is 6.42 Å². The Morgan fingerprint density at radius 2 is 2.22 bits per heavy atom. The normalized spacial score (nSPS) is 30.2. The molecule has 6 heteroatoms. The molecule has 0 aromatic carbocycles. The molecule has 0 amide bonds. The van der Waals surface area contributed by atoms with Gasteiger partial charge in [-0.1, -0.05) is 0 Å². The number of piperidine rings is 1. The summed E-state index contributed by atoms with van der Waals surface area (Å²) in [6, 6.07) is 0. The van der Waals surface area contributed by atoms with Crippen molar-refractivity contribution in [1.29, 1.82) is 0 Å². The maximum absolute atomic E-state index is 6.07. The second-order valence-corrected chi connectivity index (χ2v) is 5.17. The van der Waals surface area contributed by atoms with Crippen LogP contribution in [0.3, 0.4) is 0 Å². The van der Waals surface area contributed by atoms with E-state index >= 15 is 0 Å².